The van der Waals surface area contributed by atoms with Gasteiger partial charge in [-0.25, -0.2) is 4.98 Å². The first-order valence-corrected chi connectivity index (χ1v) is 6.27. The molecule has 0 aliphatic carbocycles. The van der Waals surface area contributed by atoms with Crippen LogP contribution in [0, 0.1) is 6.92 Å². The molecule has 0 bridgehead atoms. The van der Waals surface area contributed by atoms with Crippen molar-refractivity contribution in [1.29, 1.82) is 0 Å². The van der Waals surface area contributed by atoms with Gasteiger partial charge in [-0.05, 0) is 30.7 Å². The molecule has 0 amide bonds. The van der Waals surface area contributed by atoms with Gasteiger partial charge in [0.05, 0.1) is 0 Å². The molecule has 2 rings (SSSR count). The van der Waals surface area contributed by atoms with Crippen LogP contribution >= 0.6 is 15.9 Å². The Morgan fingerprint density at radius 3 is 2.79 bits per heavy atom. The zero-order valence-corrected chi connectivity index (χ0v) is 11.8. The summed E-state index contributed by atoms with van der Waals surface area (Å²) >= 11 is 3.39. The maximum atomic E-state index is 8.56. The molecule has 6 heteroatoms. The van der Waals surface area contributed by atoms with Crippen molar-refractivity contribution >= 4 is 21.8 Å². The number of amidine groups is 1. The first-order valence-electron chi connectivity index (χ1n) is 5.48. The summed E-state index contributed by atoms with van der Waals surface area (Å²) in [7, 11) is 0. The third-order valence-corrected chi connectivity index (χ3v) is 3.00. The van der Waals surface area contributed by atoms with E-state index >= 15 is 0 Å². The van der Waals surface area contributed by atoms with Crippen LogP contribution in [0.3, 0.4) is 0 Å². The van der Waals surface area contributed by atoms with Gasteiger partial charge in [0.25, 0.3) is 0 Å². The third kappa shape index (κ3) is 3.23. The van der Waals surface area contributed by atoms with Gasteiger partial charge in [-0.15, -0.1) is 0 Å². The van der Waals surface area contributed by atoms with Crippen LogP contribution in [-0.2, 0) is 0 Å². The Hall–Kier alpha value is -2.08. The third-order valence-electron chi connectivity index (χ3n) is 2.50. The van der Waals surface area contributed by atoms with Crippen LogP contribution in [0.5, 0.6) is 11.6 Å². The lowest BCUT2D eigenvalue weighted by molar-refractivity contribution is 0.318. The normalized spacial score (nSPS) is 11.4. The Morgan fingerprint density at radius 2 is 2.16 bits per heavy atom. The summed E-state index contributed by atoms with van der Waals surface area (Å²) in [6.07, 6.45) is 1.48. The highest BCUT2D eigenvalue weighted by molar-refractivity contribution is 9.10. The van der Waals surface area contributed by atoms with Crippen LogP contribution in [0.4, 0.5) is 0 Å². The number of pyridine rings is 1. The Labute approximate surface area is 118 Å². The number of aryl methyl sites for hydroxylation is 1. The standard InChI is InChI=1S/C13H12BrN3O2/c1-8-2-4-10(14)6-11(8)19-12-5-3-9(7-16-12)13(15)17-18/h2-7,18H,1H3,(H2,15,17). The number of halogens is 1. The lowest BCUT2D eigenvalue weighted by atomic mass is 10.2. The number of benzene rings is 1. The summed E-state index contributed by atoms with van der Waals surface area (Å²) < 4.78 is 6.61. The summed E-state index contributed by atoms with van der Waals surface area (Å²) in [6, 6.07) is 9.09. The van der Waals surface area contributed by atoms with Gasteiger partial charge in [-0.2, -0.15) is 0 Å². The van der Waals surface area contributed by atoms with Crippen molar-refractivity contribution in [1.82, 2.24) is 4.98 Å². The number of nitrogens with zero attached hydrogens (tertiary/aromatic N) is 2. The lowest BCUT2D eigenvalue weighted by Crippen LogP contribution is -2.13. The van der Waals surface area contributed by atoms with Crippen LogP contribution in [0.1, 0.15) is 11.1 Å². The quantitative estimate of drug-likeness (QED) is 0.394. The Balaban J connectivity index is 2.22. The SMILES string of the molecule is Cc1ccc(Br)cc1Oc1ccc(/C(N)=N/O)cn1. The fourth-order valence-corrected chi connectivity index (χ4v) is 1.79. The van der Waals surface area contributed by atoms with E-state index in [1.165, 1.54) is 6.20 Å². The Bertz CT molecular complexity index is 612. The number of rotatable bonds is 3. The molecule has 1 heterocycles. The molecule has 1 aromatic heterocycles. The molecule has 0 aliphatic rings. The minimum atomic E-state index is 0.0117. The van der Waals surface area contributed by atoms with Crippen molar-refractivity contribution in [3.63, 3.8) is 0 Å². The molecule has 1 aromatic carbocycles. The summed E-state index contributed by atoms with van der Waals surface area (Å²) in [6.45, 7) is 1.95. The van der Waals surface area contributed by atoms with Crippen molar-refractivity contribution < 1.29 is 9.94 Å². The first kappa shape index (κ1) is 13.4. The molecule has 0 radical (unpaired) electrons. The van der Waals surface area contributed by atoms with E-state index in [-0.39, 0.29) is 5.84 Å². The number of hydrogen-bond acceptors (Lipinski definition) is 4. The van der Waals surface area contributed by atoms with Gasteiger partial charge in [0.2, 0.25) is 5.88 Å². The van der Waals surface area contributed by atoms with Crippen molar-refractivity contribution in [3.8, 4) is 11.6 Å². The largest absolute Gasteiger partial charge is 0.439 e. The number of nitrogens with two attached hydrogens (primary N) is 1. The summed E-state index contributed by atoms with van der Waals surface area (Å²) in [5, 5.41) is 11.5. The smallest absolute Gasteiger partial charge is 0.219 e. The van der Waals surface area contributed by atoms with Gasteiger partial charge in [0.15, 0.2) is 5.84 Å². The van der Waals surface area contributed by atoms with Gasteiger partial charge in [0, 0.05) is 22.3 Å². The van der Waals surface area contributed by atoms with Gasteiger partial charge in [0.1, 0.15) is 5.75 Å². The molecule has 0 aliphatic heterocycles. The maximum Gasteiger partial charge on any atom is 0.219 e. The molecule has 2 aromatic rings. The van der Waals surface area contributed by atoms with Gasteiger partial charge in [-0.1, -0.05) is 27.2 Å². The van der Waals surface area contributed by atoms with E-state index < -0.39 is 0 Å². The highest BCUT2D eigenvalue weighted by Crippen LogP contribution is 2.27. The molecule has 0 saturated heterocycles. The second-order valence-corrected chi connectivity index (χ2v) is 4.80. The maximum absolute atomic E-state index is 8.56. The average molecular weight is 322 g/mol. The van der Waals surface area contributed by atoms with Crippen molar-refractivity contribution in [2.24, 2.45) is 10.9 Å². The fourth-order valence-electron chi connectivity index (χ4n) is 1.45. The monoisotopic (exact) mass is 321 g/mol. The Kier molecular flexibility index (Phi) is 4.01. The van der Waals surface area contributed by atoms with Gasteiger partial charge >= 0.3 is 0 Å². The molecule has 0 unspecified atom stereocenters. The highest BCUT2D eigenvalue weighted by atomic mass is 79.9. The minimum absolute atomic E-state index is 0.0117. The van der Waals surface area contributed by atoms with E-state index in [4.69, 9.17) is 15.7 Å². The molecule has 0 atom stereocenters. The van der Waals surface area contributed by atoms with E-state index in [1.54, 1.807) is 12.1 Å². The predicted octanol–water partition coefficient (Wildman–Crippen LogP) is 3.04. The molecule has 3 N–H and O–H groups in total. The van der Waals surface area contributed by atoms with Gasteiger partial charge < -0.3 is 15.7 Å². The topological polar surface area (TPSA) is 80.7 Å². The lowest BCUT2D eigenvalue weighted by Gasteiger charge is -2.08. The summed E-state index contributed by atoms with van der Waals surface area (Å²) in [5.74, 6) is 1.17. The van der Waals surface area contributed by atoms with Gasteiger partial charge in [-0.3, -0.25) is 0 Å². The molecular weight excluding hydrogens is 310 g/mol. The molecule has 98 valence electrons. The van der Waals surface area contributed by atoms with Crippen molar-refractivity contribution in [2.45, 2.75) is 6.92 Å². The molecule has 19 heavy (non-hydrogen) atoms. The van der Waals surface area contributed by atoms with Crippen LogP contribution < -0.4 is 10.5 Å². The number of hydrogen-bond donors (Lipinski definition) is 2. The molecule has 5 nitrogen and oxygen atoms in total. The van der Waals surface area contributed by atoms with E-state index in [2.05, 4.69) is 26.1 Å². The minimum Gasteiger partial charge on any atom is -0.439 e. The zero-order valence-electron chi connectivity index (χ0n) is 10.2. The summed E-state index contributed by atoms with van der Waals surface area (Å²) in [5.41, 5.74) is 6.99. The highest BCUT2D eigenvalue weighted by Gasteiger charge is 2.05. The molecule has 0 spiro atoms. The summed E-state index contributed by atoms with van der Waals surface area (Å²) in [4.78, 5) is 4.10. The second-order valence-electron chi connectivity index (χ2n) is 3.88. The predicted molar refractivity (Wildman–Crippen MR) is 75.7 cm³/mol. The van der Waals surface area contributed by atoms with E-state index in [1.807, 2.05) is 25.1 Å². The van der Waals surface area contributed by atoms with Crippen molar-refractivity contribution in [3.05, 3.63) is 52.1 Å². The van der Waals surface area contributed by atoms with Crippen LogP contribution in [0.15, 0.2) is 46.2 Å². The van der Waals surface area contributed by atoms with Crippen LogP contribution in [-0.4, -0.2) is 16.0 Å². The number of oxime groups is 1. The number of ether oxygens (including phenoxy) is 1. The Morgan fingerprint density at radius 1 is 1.37 bits per heavy atom. The fraction of sp³-hybridized carbons (Fsp3) is 0.0769. The molecular formula is C13H12BrN3O2. The zero-order chi connectivity index (χ0) is 13.8. The van der Waals surface area contributed by atoms with Crippen molar-refractivity contribution in [2.75, 3.05) is 0 Å². The molecule has 0 fully saturated rings. The molecule has 0 saturated carbocycles. The second kappa shape index (κ2) is 5.71. The van der Waals surface area contributed by atoms with E-state index in [0.29, 0.717) is 11.4 Å². The first-order chi connectivity index (χ1) is 9.10. The van der Waals surface area contributed by atoms with E-state index in [0.717, 1.165) is 15.8 Å². The van der Waals surface area contributed by atoms with Crippen LogP contribution in [0.25, 0.3) is 0 Å². The average Bonchev–Trinajstić information content (AvgIpc) is 2.43. The number of aromatic nitrogens is 1. The van der Waals surface area contributed by atoms with E-state index in [9.17, 15) is 0 Å². The van der Waals surface area contributed by atoms with Crippen LogP contribution in [0.2, 0.25) is 0 Å².